The van der Waals surface area contributed by atoms with E-state index in [9.17, 15) is 19.0 Å². The topological polar surface area (TPSA) is 229 Å². The van der Waals surface area contributed by atoms with Gasteiger partial charge in [-0.3, -0.25) is 18.9 Å². The molecule has 0 radical (unpaired) electrons. The summed E-state index contributed by atoms with van der Waals surface area (Å²) in [5.74, 6) is -0.847. The number of imidazole rings is 1. The summed E-state index contributed by atoms with van der Waals surface area (Å²) in [5.41, 5.74) is 11.2. The summed E-state index contributed by atoms with van der Waals surface area (Å²) >= 11 is 10.5. The van der Waals surface area contributed by atoms with Crippen LogP contribution in [0.2, 0.25) is 0 Å². The fraction of sp³-hybridized carbons (Fsp3) is 0.478. The maximum absolute atomic E-state index is 15.9. The van der Waals surface area contributed by atoms with Crippen molar-refractivity contribution in [2.24, 2.45) is 0 Å². The number of aromatic nitrogens is 6. The highest BCUT2D eigenvalue weighted by atomic mass is 32.5. The Balaban J connectivity index is 1.19. The number of halogens is 2. The Morgan fingerprint density at radius 1 is 1.07 bits per heavy atom. The van der Waals surface area contributed by atoms with Crippen LogP contribution in [0.4, 0.5) is 20.4 Å². The second-order valence-electron chi connectivity index (χ2n) is 10.7. The summed E-state index contributed by atoms with van der Waals surface area (Å²) in [6.45, 7) is -8.88. The van der Waals surface area contributed by atoms with Crippen molar-refractivity contribution in [3.8, 4) is 0 Å². The molecule has 7 N–H and O–H groups in total. The van der Waals surface area contributed by atoms with Gasteiger partial charge in [0.15, 0.2) is 29.4 Å². The van der Waals surface area contributed by atoms with Gasteiger partial charge in [-0.1, -0.05) is 0 Å². The normalized spacial score (nSPS) is 35.8. The first kappa shape index (κ1) is 32.0. The van der Waals surface area contributed by atoms with Crippen LogP contribution in [0.5, 0.6) is 0 Å². The molecule has 0 aromatic carbocycles. The van der Waals surface area contributed by atoms with Crippen molar-refractivity contribution in [1.82, 2.24) is 29.1 Å². The van der Waals surface area contributed by atoms with Gasteiger partial charge in [-0.2, -0.15) is 4.98 Å². The predicted octanol–water partition coefficient (Wildman–Crippen LogP) is 1.29. The van der Waals surface area contributed by atoms with E-state index in [1.807, 2.05) is 0 Å². The highest BCUT2D eigenvalue weighted by molar-refractivity contribution is 8.09. The fourth-order valence-electron chi connectivity index (χ4n) is 5.63. The number of fused-ring (bicyclic) bond motifs is 5. The van der Waals surface area contributed by atoms with Gasteiger partial charge in [-0.05, 0) is 29.7 Å². The van der Waals surface area contributed by atoms with Gasteiger partial charge in [0.1, 0.15) is 36.5 Å². The van der Waals surface area contributed by atoms with Gasteiger partial charge in [-0.15, -0.1) is 0 Å². The number of nitrogens with two attached hydrogens (primary N) is 2. The molecule has 248 valence electrons. The van der Waals surface area contributed by atoms with E-state index in [2.05, 4.69) is 19.9 Å². The molecule has 7 rings (SSSR count). The molecular formula is C23H26F2N8O9P2S2. The molecule has 0 aliphatic carbocycles. The summed E-state index contributed by atoms with van der Waals surface area (Å²) in [5, 5.41) is 0.112. The van der Waals surface area contributed by atoms with Crippen molar-refractivity contribution in [2.45, 2.75) is 49.5 Å². The molecule has 23 heteroatoms. The zero-order valence-electron chi connectivity index (χ0n) is 23.3. The first-order chi connectivity index (χ1) is 21.8. The van der Waals surface area contributed by atoms with E-state index in [4.69, 9.17) is 62.9 Å². The molecule has 4 aromatic heterocycles. The SMILES string of the molecule is Nc1nc2c(ncn2[C@@H]2O[C@@H]3COP(O)(=S)CO[C@H]4C[C@H](n5cc(F)c6c(N)ccnc65)O[C@@H]4COP(O)(=S)O[C@@H]2[C@@H]3F)c(=O)[nH]1. The van der Waals surface area contributed by atoms with Gasteiger partial charge < -0.3 is 49.1 Å². The Labute approximate surface area is 267 Å². The van der Waals surface area contributed by atoms with Gasteiger partial charge >= 0.3 is 6.72 Å². The third kappa shape index (κ3) is 5.88. The zero-order chi connectivity index (χ0) is 32.5. The van der Waals surface area contributed by atoms with E-state index < -0.39 is 87.2 Å². The molecule has 0 spiro atoms. The molecule has 3 aliphatic rings. The summed E-state index contributed by atoms with van der Waals surface area (Å²) < 4.78 is 68.1. The second-order valence-corrected chi connectivity index (χ2v) is 17.0. The minimum atomic E-state index is -4.24. The van der Waals surface area contributed by atoms with Crippen LogP contribution in [0.15, 0.2) is 29.6 Å². The Kier molecular flexibility index (Phi) is 8.27. The second kappa shape index (κ2) is 11.9. The highest BCUT2D eigenvalue weighted by Crippen LogP contribution is 2.52. The van der Waals surface area contributed by atoms with Crippen LogP contribution in [0.25, 0.3) is 22.2 Å². The smallest absolute Gasteiger partial charge is 0.325 e. The van der Waals surface area contributed by atoms with Crippen LogP contribution in [0.3, 0.4) is 0 Å². The average molecular weight is 723 g/mol. The minimum Gasteiger partial charge on any atom is -0.398 e. The Morgan fingerprint density at radius 3 is 2.65 bits per heavy atom. The summed E-state index contributed by atoms with van der Waals surface area (Å²) in [6.07, 6.45) is -5.60. The first-order valence-corrected chi connectivity index (χ1v) is 19.1. The molecule has 2 unspecified atom stereocenters. The Morgan fingerprint density at radius 2 is 1.85 bits per heavy atom. The van der Waals surface area contributed by atoms with Crippen LogP contribution >= 0.6 is 13.2 Å². The van der Waals surface area contributed by atoms with E-state index in [-0.39, 0.29) is 40.3 Å². The van der Waals surface area contributed by atoms with Crippen molar-refractivity contribution < 1.29 is 46.3 Å². The number of nitrogens with zero attached hydrogens (tertiary/aromatic N) is 5. The molecule has 0 amide bonds. The lowest BCUT2D eigenvalue weighted by Crippen LogP contribution is -2.34. The monoisotopic (exact) mass is 722 g/mol. The summed E-state index contributed by atoms with van der Waals surface area (Å²) in [4.78, 5) is 49.0. The van der Waals surface area contributed by atoms with Crippen LogP contribution in [0, 0.1) is 5.82 Å². The number of rotatable bonds is 2. The van der Waals surface area contributed by atoms with Gasteiger partial charge in [0.05, 0.1) is 31.0 Å². The maximum Gasteiger partial charge on any atom is 0.325 e. The number of hydrogen-bond acceptors (Lipinski definition) is 14. The van der Waals surface area contributed by atoms with E-state index in [0.717, 1.165) is 6.33 Å². The molecule has 3 fully saturated rings. The van der Waals surface area contributed by atoms with E-state index in [0.29, 0.717) is 0 Å². The maximum atomic E-state index is 15.9. The van der Waals surface area contributed by atoms with Gasteiger partial charge in [-0.25, -0.2) is 18.7 Å². The number of hydrogen-bond donors (Lipinski definition) is 5. The standard InChI is InChI=1S/C23H26F2N8O9P2S2/c24-9-4-32(19-15(9)10(26)1-2-28-19)14-3-11-12(40-14)5-39-44(36,46)42-18-16(25)13(6-38-43(35,45)8-37-11)41-22(18)33-7-29-17-20(33)30-23(27)31-21(17)34/h1-2,4,7,11-14,16,18,22H,3,5-6,8H2,(H2,26,28)(H,35,45)(H,36,46)(H3,27,30,31,34)/t11-,12+,13+,14+,16+,18+,22+,43?,44?/m0/s1. The third-order valence-corrected chi connectivity index (χ3v) is 10.9. The molecular weight excluding hydrogens is 696 g/mol. The van der Waals surface area contributed by atoms with E-state index in [1.54, 1.807) is 0 Å². The number of anilines is 2. The van der Waals surface area contributed by atoms with Crippen molar-refractivity contribution in [1.29, 1.82) is 0 Å². The van der Waals surface area contributed by atoms with Crippen molar-refractivity contribution >= 4 is 70.7 Å². The van der Waals surface area contributed by atoms with Gasteiger partial charge in [0, 0.05) is 24.5 Å². The summed E-state index contributed by atoms with van der Waals surface area (Å²) in [6, 6.07) is 1.47. The largest absolute Gasteiger partial charge is 0.398 e. The van der Waals surface area contributed by atoms with Gasteiger partial charge in [0.2, 0.25) is 12.4 Å². The number of alkyl halides is 1. The van der Waals surface area contributed by atoms with Crippen molar-refractivity contribution in [2.75, 3.05) is 31.0 Å². The number of pyridine rings is 1. The zero-order valence-corrected chi connectivity index (χ0v) is 26.7. The number of H-pyrrole nitrogens is 1. The molecule has 3 saturated heterocycles. The van der Waals surface area contributed by atoms with Crippen molar-refractivity contribution in [3.63, 3.8) is 0 Å². The van der Waals surface area contributed by atoms with E-state index >= 15 is 4.39 Å². The lowest BCUT2D eigenvalue weighted by atomic mass is 10.1. The Bertz CT molecular complexity index is 1980. The molecule has 9 atom stereocenters. The van der Waals surface area contributed by atoms with Crippen LogP contribution in [-0.4, -0.2) is 89.0 Å². The number of ether oxygens (including phenoxy) is 3. The van der Waals surface area contributed by atoms with Crippen LogP contribution < -0.4 is 17.0 Å². The number of nitrogen functional groups attached to an aromatic ring is 2. The summed E-state index contributed by atoms with van der Waals surface area (Å²) in [7, 11) is 0. The molecule has 3 aliphatic heterocycles. The van der Waals surface area contributed by atoms with Crippen molar-refractivity contribution in [3.05, 3.63) is 41.0 Å². The van der Waals surface area contributed by atoms with Crippen LogP contribution in [-0.2, 0) is 51.4 Å². The Hall–Kier alpha value is -2.52. The van der Waals surface area contributed by atoms with Gasteiger partial charge in [0.25, 0.3) is 5.56 Å². The molecule has 17 nitrogen and oxygen atoms in total. The number of aromatic amines is 1. The lowest BCUT2D eigenvalue weighted by molar-refractivity contribution is -0.0568. The predicted molar refractivity (Wildman–Crippen MR) is 164 cm³/mol. The average Bonchev–Trinajstić information content (AvgIpc) is 3.74. The first-order valence-electron chi connectivity index (χ1n) is 13.6. The minimum absolute atomic E-state index is 0.0576. The molecule has 46 heavy (non-hydrogen) atoms. The number of nitrogens with one attached hydrogen (secondary N) is 1. The van der Waals surface area contributed by atoms with Crippen LogP contribution in [0.1, 0.15) is 18.9 Å². The third-order valence-electron chi connectivity index (χ3n) is 7.73. The molecule has 4 aromatic rings. The fourth-order valence-corrected chi connectivity index (χ4v) is 8.24. The molecule has 2 bridgehead atoms. The molecule has 0 saturated carbocycles. The molecule has 7 heterocycles. The highest BCUT2D eigenvalue weighted by Gasteiger charge is 2.51. The van der Waals surface area contributed by atoms with E-state index in [1.165, 1.54) is 27.6 Å². The lowest BCUT2D eigenvalue weighted by Gasteiger charge is -2.27. The quantitative estimate of drug-likeness (QED) is 0.184.